The van der Waals surface area contributed by atoms with E-state index in [-0.39, 0.29) is 30.9 Å². The van der Waals surface area contributed by atoms with E-state index in [4.69, 9.17) is 86.0 Å². The smallest absolute Gasteiger partial charge is 0.155 e. The molecule has 0 bridgehead atoms. The molecule has 0 radical (unpaired) electrons. The van der Waals surface area contributed by atoms with Gasteiger partial charge < -0.3 is 9.94 Å². The van der Waals surface area contributed by atoms with E-state index >= 15 is 0 Å². The van der Waals surface area contributed by atoms with Crippen LogP contribution in [-0.4, -0.2) is 22.9 Å². The molecule has 0 fully saturated rings. The van der Waals surface area contributed by atoms with E-state index in [1.165, 1.54) is 7.11 Å². The molecule has 0 atom stereocenters. The predicted octanol–water partition coefficient (Wildman–Crippen LogP) is 8.64. The maximum Gasteiger partial charge on any atom is 0.155 e. The van der Waals surface area contributed by atoms with Gasteiger partial charge in [-0.25, -0.2) is 0 Å². The van der Waals surface area contributed by atoms with Gasteiger partial charge in [-0.15, -0.1) is 0 Å². The van der Waals surface area contributed by atoms with Crippen molar-refractivity contribution >= 4 is 86.9 Å². The van der Waals surface area contributed by atoms with E-state index < -0.39 is 0 Å². The molecule has 31 heavy (non-hydrogen) atoms. The zero-order valence-corrected chi connectivity index (χ0v) is 20.9. The lowest BCUT2D eigenvalue weighted by Gasteiger charge is -2.08. The number of nitrogens with zero attached hydrogens (tertiary/aromatic N) is 2. The Hall–Kier alpha value is -1.11. The number of oxime groups is 1. The van der Waals surface area contributed by atoms with E-state index in [1.807, 2.05) is 18.2 Å². The van der Waals surface area contributed by atoms with Gasteiger partial charge in [-0.2, -0.15) is 0 Å². The molecule has 0 spiro atoms. The number of phenols is 1. The quantitative estimate of drug-likeness (QED) is 0.150. The first-order chi connectivity index (χ1) is 14.7. The molecule has 1 heterocycles. The highest BCUT2D eigenvalue weighted by Gasteiger charge is 2.18. The van der Waals surface area contributed by atoms with Crippen LogP contribution in [0.25, 0.3) is 0 Å². The van der Waals surface area contributed by atoms with Crippen LogP contribution in [-0.2, 0) is 11.3 Å². The molecule has 0 amide bonds. The molecule has 164 valence electrons. The molecule has 2 aromatic carbocycles. The third-order valence-corrected chi connectivity index (χ3v) is 6.53. The van der Waals surface area contributed by atoms with Crippen LogP contribution in [0.3, 0.4) is 0 Å². The summed E-state index contributed by atoms with van der Waals surface area (Å²) in [6.45, 7) is 0. The van der Waals surface area contributed by atoms with Crippen molar-refractivity contribution in [1.82, 2.24) is 4.98 Å². The molecule has 1 N–H and O–H groups in total. The van der Waals surface area contributed by atoms with Crippen LogP contribution >= 0.6 is 81.2 Å². The van der Waals surface area contributed by atoms with Crippen LogP contribution in [0.15, 0.2) is 47.9 Å². The Bertz CT molecular complexity index is 988. The van der Waals surface area contributed by atoms with E-state index in [9.17, 15) is 5.11 Å². The van der Waals surface area contributed by atoms with E-state index in [0.29, 0.717) is 16.5 Å². The SMILES string of the molecule is CON=C(Cc1cccnc1)c1ccc(Cl)cc1Cl.Oc1c(Cl)c(Cl)c(Cl)c(Cl)c1Cl. The van der Waals surface area contributed by atoms with Crippen molar-refractivity contribution in [3.8, 4) is 5.75 Å². The summed E-state index contributed by atoms with van der Waals surface area (Å²) in [5.74, 6) is -0.363. The number of hydrogen-bond acceptors (Lipinski definition) is 4. The molecular weight excluding hydrogens is 548 g/mol. The highest BCUT2D eigenvalue weighted by atomic mass is 35.5. The first-order valence-corrected chi connectivity index (χ1v) is 11.0. The van der Waals surface area contributed by atoms with Gasteiger partial charge in [-0.1, -0.05) is 98.5 Å². The van der Waals surface area contributed by atoms with Gasteiger partial charge in [0.25, 0.3) is 0 Å². The average molecular weight is 562 g/mol. The molecule has 0 aliphatic rings. The lowest BCUT2D eigenvalue weighted by Crippen LogP contribution is -2.07. The van der Waals surface area contributed by atoms with Gasteiger partial charge in [0, 0.05) is 29.4 Å². The Balaban J connectivity index is 0.000000245. The van der Waals surface area contributed by atoms with Crippen molar-refractivity contribution in [1.29, 1.82) is 0 Å². The van der Waals surface area contributed by atoms with Gasteiger partial charge in [-0.3, -0.25) is 4.98 Å². The fourth-order valence-corrected chi connectivity index (χ4v) is 3.95. The zero-order valence-electron chi connectivity index (χ0n) is 15.6. The minimum atomic E-state index is -0.363. The van der Waals surface area contributed by atoms with Gasteiger partial charge in [0.15, 0.2) is 5.75 Å². The average Bonchev–Trinajstić information content (AvgIpc) is 2.76. The normalized spacial score (nSPS) is 11.0. The molecule has 1 aromatic heterocycles. The highest BCUT2D eigenvalue weighted by Crippen LogP contribution is 2.47. The minimum Gasteiger partial charge on any atom is -0.505 e. The summed E-state index contributed by atoms with van der Waals surface area (Å²) in [4.78, 5) is 8.97. The summed E-state index contributed by atoms with van der Waals surface area (Å²) in [7, 11) is 1.51. The number of pyridine rings is 1. The number of aromatic hydroxyl groups is 1. The summed E-state index contributed by atoms with van der Waals surface area (Å²) in [6.07, 6.45) is 4.10. The van der Waals surface area contributed by atoms with Crippen molar-refractivity contribution in [3.05, 3.63) is 89.0 Å². The first-order valence-electron chi connectivity index (χ1n) is 8.32. The summed E-state index contributed by atoms with van der Waals surface area (Å²) in [5.41, 5.74) is 2.57. The number of hydrogen-bond donors (Lipinski definition) is 1. The molecule has 0 aliphatic carbocycles. The Kier molecular flexibility index (Phi) is 10.3. The lowest BCUT2D eigenvalue weighted by molar-refractivity contribution is 0.213. The van der Waals surface area contributed by atoms with Gasteiger partial charge in [0.2, 0.25) is 0 Å². The molecule has 11 heteroatoms. The minimum absolute atomic E-state index is 0.00904. The van der Waals surface area contributed by atoms with E-state index in [0.717, 1.165) is 16.8 Å². The van der Waals surface area contributed by atoms with Crippen molar-refractivity contribution in [2.45, 2.75) is 6.42 Å². The summed E-state index contributed by atoms with van der Waals surface area (Å²) in [6, 6.07) is 9.15. The summed E-state index contributed by atoms with van der Waals surface area (Å²) in [5, 5.41) is 14.2. The van der Waals surface area contributed by atoms with Crippen LogP contribution in [0.2, 0.25) is 35.2 Å². The second-order valence-corrected chi connectivity index (χ2v) is 8.53. The molecule has 3 rings (SSSR count). The first kappa shape index (κ1) is 26.1. The number of aromatic nitrogens is 1. The van der Waals surface area contributed by atoms with Gasteiger partial charge in [0.1, 0.15) is 17.2 Å². The second-order valence-electron chi connectivity index (χ2n) is 5.80. The van der Waals surface area contributed by atoms with Crippen molar-refractivity contribution in [2.24, 2.45) is 5.16 Å². The summed E-state index contributed by atoms with van der Waals surface area (Å²) < 4.78 is 0. The Morgan fingerprint density at radius 1 is 0.935 bits per heavy atom. The lowest BCUT2D eigenvalue weighted by atomic mass is 10.0. The zero-order chi connectivity index (χ0) is 23.1. The van der Waals surface area contributed by atoms with E-state index in [1.54, 1.807) is 24.5 Å². The maximum absolute atomic E-state index is 9.20. The maximum atomic E-state index is 9.20. The molecule has 3 aromatic rings. The van der Waals surface area contributed by atoms with Crippen LogP contribution in [0.5, 0.6) is 5.75 Å². The van der Waals surface area contributed by atoms with Crippen LogP contribution in [0.1, 0.15) is 11.1 Å². The second kappa shape index (κ2) is 12.2. The fraction of sp³-hybridized carbons (Fsp3) is 0.100. The third kappa shape index (κ3) is 6.93. The van der Waals surface area contributed by atoms with Crippen molar-refractivity contribution in [2.75, 3.05) is 7.11 Å². The number of benzene rings is 2. The molecule has 4 nitrogen and oxygen atoms in total. The molecule has 0 saturated carbocycles. The molecule has 0 aliphatic heterocycles. The van der Waals surface area contributed by atoms with Crippen LogP contribution < -0.4 is 0 Å². The van der Waals surface area contributed by atoms with Gasteiger partial charge >= 0.3 is 0 Å². The van der Waals surface area contributed by atoms with Gasteiger partial charge in [-0.05, 0) is 23.8 Å². The Labute approximate surface area is 214 Å². The highest BCUT2D eigenvalue weighted by molar-refractivity contribution is 6.55. The third-order valence-electron chi connectivity index (χ3n) is 3.72. The number of rotatable bonds is 4. The standard InChI is InChI=1S/C14H12Cl2N2O.C6HCl5O/c1-19-18-14(7-10-3-2-6-17-9-10)12-5-4-11(15)8-13(12)16;7-1-2(8)4(10)6(12)5(11)3(1)9/h2-6,8-9H,7H2,1H3;12H. The monoisotopic (exact) mass is 558 g/mol. The van der Waals surface area contributed by atoms with Crippen molar-refractivity contribution < 1.29 is 9.94 Å². The van der Waals surface area contributed by atoms with E-state index in [2.05, 4.69) is 10.1 Å². The largest absolute Gasteiger partial charge is 0.505 e. The van der Waals surface area contributed by atoms with Crippen LogP contribution in [0.4, 0.5) is 0 Å². The Morgan fingerprint density at radius 2 is 1.55 bits per heavy atom. The number of phenolic OH excluding ortho intramolecular Hbond substituents is 1. The van der Waals surface area contributed by atoms with Crippen molar-refractivity contribution in [3.63, 3.8) is 0 Å². The molecular formula is C20H13Cl7N2O2. The van der Waals surface area contributed by atoms with Gasteiger partial charge in [0.05, 0.1) is 25.8 Å². The predicted molar refractivity (Wildman–Crippen MR) is 131 cm³/mol. The molecule has 0 saturated heterocycles. The fourth-order valence-electron chi connectivity index (χ4n) is 2.30. The topological polar surface area (TPSA) is 54.7 Å². The summed E-state index contributed by atoms with van der Waals surface area (Å²) >= 11 is 40.0. The number of halogens is 7. The molecule has 0 unspecified atom stereocenters. The Morgan fingerprint density at radius 3 is 2.06 bits per heavy atom. The van der Waals surface area contributed by atoms with Crippen LogP contribution in [0, 0.1) is 0 Å².